The van der Waals surface area contributed by atoms with E-state index in [0.717, 1.165) is 53.0 Å². The predicted molar refractivity (Wildman–Crippen MR) is 134 cm³/mol. The molecule has 37 heavy (non-hydrogen) atoms. The Kier molecular flexibility index (Phi) is 6.13. The smallest absolute Gasteiger partial charge is 0.246 e. The third kappa shape index (κ3) is 4.82. The number of oxazole rings is 1. The van der Waals surface area contributed by atoms with Crippen molar-refractivity contribution in [1.82, 2.24) is 30.5 Å². The summed E-state index contributed by atoms with van der Waals surface area (Å²) in [5, 5.41) is 14.6. The fraction of sp³-hybridized carbons (Fsp3) is 0.296. The number of amides is 1. The first kappa shape index (κ1) is 23.0. The predicted octanol–water partition coefficient (Wildman–Crippen LogP) is 4.50. The van der Waals surface area contributed by atoms with E-state index in [2.05, 4.69) is 31.7 Å². The molecule has 0 bridgehead atoms. The van der Waals surface area contributed by atoms with Crippen molar-refractivity contribution in [3.05, 3.63) is 76.9 Å². The van der Waals surface area contributed by atoms with Crippen LogP contribution in [0.15, 0.2) is 51.5 Å². The molecule has 1 aromatic carbocycles. The topological polar surface area (TPSA) is 123 Å². The van der Waals surface area contributed by atoms with E-state index >= 15 is 0 Å². The Bertz CT molecular complexity index is 1470. The van der Waals surface area contributed by atoms with Crippen molar-refractivity contribution in [3.63, 3.8) is 0 Å². The van der Waals surface area contributed by atoms with Crippen LogP contribution in [-0.2, 0) is 24.4 Å². The molecule has 6 rings (SSSR count). The number of aromatic amines is 1. The Morgan fingerprint density at radius 2 is 2.22 bits per heavy atom. The van der Waals surface area contributed by atoms with Crippen LogP contribution in [0.5, 0.6) is 5.75 Å². The lowest BCUT2D eigenvalue weighted by molar-refractivity contribution is -0.126. The number of allylic oxidation sites excluding steroid dienone is 2. The standard InChI is InChI=1S/C27H26N6O4/c1-17-23(28-27(37-17)18-5-2-3-6-18)16-36-24-14-20-15-33(25(34)9-8-21-7-4-12-35-21)11-10-19(20)13-22(24)26-29-31-32-30-26/h4-5,7-9,12-14H,2-3,6,10-11,15-16H2,1H3,(H,29,30,31,32)/b9-8+. The Morgan fingerprint density at radius 1 is 1.27 bits per heavy atom. The van der Waals surface area contributed by atoms with Gasteiger partial charge in [0.1, 0.15) is 29.6 Å². The summed E-state index contributed by atoms with van der Waals surface area (Å²) in [4.78, 5) is 19.3. The zero-order chi connectivity index (χ0) is 25.2. The van der Waals surface area contributed by atoms with Crippen molar-refractivity contribution in [2.45, 2.75) is 45.8 Å². The molecule has 0 fully saturated rings. The number of carbonyl (C=O) groups excluding carboxylic acids is 1. The molecule has 0 saturated carbocycles. The van der Waals surface area contributed by atoms with Gasteiger partial charge in [-0.25, -0.2) is 4.98 Å². The van der Waals surface area contributed by atoms with Crippen LogP contribution in [0, 0.1) is 6.92 Å². The summed E-state index contributed by atoms with van der Waals surface area (Å²) in [7, 11) is 0. The van der Waals surface area contributed by atoms with Crippen molar-refractivity contribution in [2.24, 2.45) is 0 Å². The summed E-state index contributed by atoms with van der Waals surface area (Å²) in [6.45, 7) is 3.22. The average molecular weight is 499 g/mol. The fourth-order valence-electron chi connectivity index (χ4n) is 4.70. The molecule has 4 heterocycles. The summed E-state index contributed by atoms with van der Waals surface area (Å²) in [5.41, 5.74) is 4.78. The maximum absolute atomic E-state index is 12.8. The van der Waals surface area contributed by atoms with Crippen LogP contribution in [0.4, 0.5) is 0 Å². The molecule has 4 aromatic rings. The van der Waals surface area contributed by atoms with E-state index in [1.807, 2.05) is 30.0 Å². The number of nitrogens with zero attached hydrogens (tertiary/aromatic N) is 5. The number of H-pyrrole nitrogens is 1. The van der Waals surface area contributed by atoms with Gasteiger partial charge in [-0.3, -0.25) is 4.79 Å². The molecule has 0 atom stereocenters. The lowest BCUT2D eigenvalue weighted by Crippen LogP contribution is -2.34. The Hall–Kier alpha value is -4.47. The summed E-state index contributed by atoms with van der Waals surface area (Å²) in [5.74, 6) is 3.03. The molecule has 0 radical (unpaired) electrons. The minimum atomic E-state index is -0.0706. The van der Waals surface area contributed by atoms with Gasteiger partial charge in [0, 0.05) is 24.7 Å². The number of hydrogen-bond acceptors (Lipinski definition) is 8. The van der Waals surface area contributed by atoms with Crippen molar-refractivity contribution in [3.8, 4) is 17.1 Å². The quantitative estimate of drug-likeness (QED) is 0.370. The molecule has 1 amide bonds. The number of nitrogens with one attached hydrogen (secondary N) is 1. The van der Waals surface area contributed by atoms with Crippen LogP contribution in [0.2, 0.25) is 0 Å². The summed E-state index contributed by atoms with van der Waals surface area (Å²) >= 11 is 0. The summed E-state index contributed by atoms with van der Waals surface area (Å²) in [6, 6.07) is 7.59. The van der Waals surface area contributed by atoms with Crippen molar-refractivity contribution < 1.29 is 18.4 Å². The molecule has 1 aliphatic carbocycles. The first-order chi connectivity index (χ1) is 18.1. The van der Waals surface area contributed by atoms with Gasteiger partial charge in [0.2, 0.25) is 17.6 Å². The molecule has 188 valence electrons. The molecule has 2 aliphatic rings. The van der Waals surface area contributed by atoms with Gasteiger partial charge in [-0.05, 0) is 79.3 Å². The molecule has 0 spiro atoms. The van der Waals surface area contributed by atoms with Gasteiger partial charge in [0.05, 0.1) is 11.8 Å². The first-order valence-electron chi connectivity index (χ1n) is 12.3. The largest absolute Gasteiger partial charge is 0.486 e. The molecule has 10 heteroatoms. The highest BCUT2D eigenvalue weighted by atomic mass is 16.5. The van der Waals surface area contributed by atoms with E-state index in [9.17, 15) is 4.79 Å². The molecule has 0 unspecified atom stereocenters. The summed E-state index contributed by atoms with van der Waals surface area (Å²) in [6.07, 6.45) is 10.9. The lowest BCUT2D eigenvalue weighted by atomic mass is 9.96. The van der Waals surface area contributed by atoms with Gasteiger partial charge in [-0.1, -0.05) is 6.08 Å². The van der Waals surface area contributed by atoms with Crippen LogP contribution in [0.3, 0.4) is 0 Å². The van der Waals surface area contributed by atoms with Crippen LogP contribution in [0.1, 0.15) is 53.5 Å². The molecule has 1 N–H and O–H groups in total. The maximum Gasteiger partial charge on any atom is 0.246 e. The third-order valence-corrected chi connectivity index (χ3v) is 6.72. The number of ether oxygens (including phenoxy) is 1. The van der Waals surface area contributed by atoms with Gasteiger partial charge >= 0.3 is 0 Å². The van der Waals surface area contributed by atoms with Crippen molar-refractivity contribution in [2.75, 3.05) is 6.54 Å². The number of hydrogen-bond donors (Lipinski definition) is 1. The second kappa shape index (κ2) is 9.88. The van der Waals surface area contributed by atoms with Gasteiger partial charge in [0.15, 0.2) is 0 Å². The van der Waals surface area contributed by atoms with E-state index < -0.39 is 0 Å². The molecule has 0 saturated heterocycles. The molecule has 3 aromatic heterocycles. The fourth-order valence-corrected chi connectivity index (χ4v) is 4.70. The number of aryl methyl sites for hydroxylation is 1. The van der Waals surface area contributed by atoms with Crippen molar-refractivity contribution >= 4 is 17.6 Å². The minimum absolute atomic E-state index is 0.0706. The average Bonchev–Trinajstić information content (AvgIpc) is 3.73. The summed E-state index contributed by atoms with van der Waals surface area (Å²) < 4.78 is 17.5. The highest BCUT2D eigenvalue weighted by Crippen LogP contribution is 2.35. The van der Waals surface area contributed by atoms with E-state index in [4.69, 9.17) is 13.6 Å². The van der Waals surface area contributed by atoms with Gasteiger partial charge in [-0.15, -0.1) is 10.2 Å². The minimum Gasteiger partial charge on any atom is -0.486 e. The maximum atomic E-state index is 12.8. The van der Waals surface area contributed by atoms with Gasteiger partial charge in [0.25, 0.3) is 0 Å². The van der Waals surface area contributed by atoms with E-state index in [0.29, 0.717) is 42.7 Å². The first-order valence-corrected chi connectivity index (χ1v) is 12.3. The molecular weight excluding hydrogens is 472 g/mol. The van der Waals surface area contributed by atoms with Crippen LogP contribution < -0.4 is 4.74 Å². The number of tetrazole rings is 1. The van der Waals surface area contributed by atoms with Crippen molar-refractivity contribution in [1.29, 1.82) is 0 Å². The zero-order valence-corrected chi connectivity index (χ0v) is 20.4. The number of carbonyl (C=O) groups is 1. The number of rotatable bonds is 7. The van der Waals surface area contributed by atoms with Crippen LogP contribution >= 0.6 is 0 Å². The highest BCUT2D eigenvalue weighted by Gasteiger charge is 2.24. The SMILES string of the molecule is Cc1oc(C2=CCCC2)nc1COc1cc2c(cc1-c1nn[nH]n1)CCN(C(=O)/C=C/c1ccco1)C2. The zero-order valence-electron chi connectivity index (χ0n) is 20.4. The second-order valence-electron chi connectivity index (χ2n) is 9.14. The Balaban J connectivity index is 1.24. The van der Waals surface area contributed by atoms with E-state index in [1.165, 1.54) is 0 Å². The van der Waals surface area contributed by atoms with Gasteiger partial charge < -0.3 is 18.5 Å². The number of fused-ring (bicyclic) bond motifs is 1. The Morgan fingerprint density at radius 3 is 3.00 bits per heavy atom. The molecule has 10 nitrogen and oxygen atoms in total. The highest BCUT2D eigenvalue weighted by molar-refractivity contribution is 5.91. The monoisotopic (exact) mass is 498 g/mol. The van der Waals surface area contributed by atoms with Crippen LogP contribution in [0.25, 0.3) is 23.0 Å². The Labute approximate surface area is 213 Å². The number of benzene rings is 1. The molecule has 1 aliphatic heterocycles. The lowest BCUT2D eigenvalue weighted by Gasteiger charge is -2.29. The van der Waals surface area contributed by atoms with E-state index in [-0.39, 0.29) is 12.5 Å². The third-order valence-electron chi connectivity index (χ3n) is 6.72. The second-order valence-corrected chi connectivity index (χ2v) is 9.14. The normalized spacial score (nSPS) is 15.3. The van der Waals surface area contributed by atoms with Gasteiger partial charge in [-0.2, -0.15) is 5.21 Å². The van der Waals surface area contributed by atoms with Crippen LogP contribution in [-0.4, -0.2) is 43.0 Å². The number of aromatic nitrogens is 5. The number of furan rings is 1. The molecular formula is C27H26N6O4. The van der Waals surface area contributed by atoms with E-state index in [1.54, 1.807) is 24.5 Å².